The van der Waals surface area contributed by atoms with E-state index in [-0.39, 0.29) is 18.9 Å². The smallest absolute Gasteiger partial charge is 0.352 e. The van der Waals surface area contributed by atoms with E-state index in [1.165, 1.54) is 0 Å². The minimum Gasteiger partial charge on any atom is -0.383 e. The Kier molecular flexibility index (Phi) is 4.83. The molecule has 24 heavy (non-hydrogen) atoms. The van der Waals surface area contributed by atoms with Crippen molar-refractivity contribution in [1.82, 2.24) is 15.2 Å². The largest absolute Gasteiger partial charge is 0.383 e. The molecule has 0 unspecified atom stereocenters. The first kappa shape index (κ1) is 17.2. The summed E-state index contributed by atoms with van der Waals surface area (Å²) in [5.41, 5.74) is -1.18. The van der Waals surface area contributed by atoms with Gasteiger partial charge in [-0.05, 0) is 44.2 Å². The Balaban J connectivity index is 1.47. The number of piperidine rings is 1. The lowest BCUT2D eigenvalue weighted by molar-refractivity contribution is -0.216. The van der Waals surface area contributed by atoms with Crippen LogP contribution in [0.1, 0.15) is 37.8 Å². The lowest BCUT2D eigenvalue weighted by Crippen LogP contribution is -2.62. The monoisotopic (exact) mass is 339 g/mol. The molecule has 0 bridgehead atoms. The molecule has 0 atom stereocenters. The number of aliphatic hydroxyl groups is 1. The van der Waals surface area contributed by atoms with Gasteiger partial charge >= 0.3 is 5.92 Å². The van der Waals surface area contributed by atoms with Gasteiger partial charge in [0, 0.05) is 31.9 Å². The second kappa shape index (κ2) is 6.72. The predicted octanol–water partition coefficient (Wildman–Crippen LogP) is 1.71. The molecule has 2 heterocycles. The van der Waals surface area contributed by atoms with E-state index in [1.54, 1.807) is 6.20 Å². The van der Waals surface area contributed by atoms with Gasteiger partial charge in [0.25, 0.3) is 5.91 Å². The summed E-state index contributed by atoms with van der Waals surface area (Å²) in [5, 5.41) is 12.2. The lowest BCUT2D eigenvalue weighted by atomic mass is 9.75. The fraction of sp³-hybridized carbons (Fsp3) is 0.647. The first-order chi connectivity index (χ1) is 11.4. The van der Waals surface area contributed by atoms with Gasteiger partial charge in [0.05, 0.1) is 5.69 Å². The molecule has 1 saturated heterocycles. The van der Waals surface area contributed by atoms with E-state index >= 15 is 0 Å². The van der Waals surface area contributed by atoms with Gasteiger partial charge in [-0.3, -0.25) is 14.7 Å². The third kappa shape index (κ3) is 3.42. The number of nitrogens with zero attached hydrogens (tertiary/aromatic N) is 2. The quantitative estimate of drug-likeness (QED) is 0.857. The van der Waals surface area contributed by atoms with Crippen molar-refractivity contribution in [2.24, 2.45) is 0 Å². The van der Waals surface area contributed by atoms with Crippen molar-refractivity contribution in [1.29, 1.82) is 0 Å². The highest BCUT2D eigenvalue weighted by Gasteiger charge is 2.61. The molecule has 0 aromatic carbocycles. The van der Waals surface area contributed by atoms with Crippen LogP contribution in [0.5, 0.6) is 0 Å². The van der Waals surface area contributed by atoms with E-state index in [4.69, 9.17) is 0 Å². The summed E-state index contributed by atoms with van der Waals surface area (Å²) < 4.78 is 28.2. The van der Waals surface area contributed by atoms with Crippen LogP contribution < -0.4 is 5.32 Å². The highest BCUT2D eigenvalue weighted by Crippen LogP contribution is 2.44. The standard InChI is InChI=1S/C17H23F2N3O2/c18-17(19,16(24)7-3-8-16)15(23)21-13-5-10-22(11-6-13)12-14-4-1-2-9-20-14/h1-2,4,9,13,24H,3,5-8,10-12H2,(H,21,23). The Hall–Kier alpha value is -1.60. The second-order valence-electron chi connectivity index (χ2n) is 6.80. The van der Waals surface area contributed by atoms with Crippen LogP contribution in [0.4, 0.5) is 8.78 Å². The SMILES string of the molecule is O=C(NC1CCN(Cc2ccccn2)CC1)C(F)(F)C1(O)CCC1. The summed E-state index contributed by atoms with van der Waals surface area (Å²) >= 11 is 0. The maximum absolute atomic E-state index is 14.1. The van der Waals surface area contributed by atoms with Crippen molar-refractivity contribution in [2.75, 3.05) is 13.1 Å². The van der Waals surface area contributed by atoms with Gasteiger partial charge < -0.3 is 10.4 Å². The second-order valence-corrected chi connectivity index (χ2v) is 6.80. The normalized spacial score (nSPS) is 22.0. The van der Waals surface area contributed by atoms with Gasteiger partial charge in [0.2, 0.25) is 0 Å². The molecular weight excluding hydrogens is 316 g/mol. The zero-order chi connectivity index (χ0) is 17.2. The van der Waals surface area contributed by atoms with Crippen molar-refractivity contribution in [3.05, 3.63) is 30.1 Å². The van der Waals surface area contributed by atoms with Crippen LogP contribution in [0.15, 0.2) is 24.4 Å². The van der Waals surface area contributed by atoms with Gasteiger partial charge in [-0.2, -0.15) is 8.78 Å². The topological polar surface area (TPSA) is 65.5 Å². The van der Waals surface area contributed by atoms with Crippen LogP contribution in [0.3, 0.4) is 0 Å². The molecule has 1 amide bonds. The Morgan fingerprint density at radius 2 is 2.08 bits per heavy atom. The number of halogens is 2. The first-order valence-electron chi connectivity index (χ1n) is 8.44. The summed E-state index contributed by atoms with van der Waals surface area (Å²) in [6, 6.07) is 5.48. The number of carbonyl (C=O) groups is 1. The Morgan fingerprint density at radius 1 is 1.38 bits per heavy atom. The highest BCUT2D eigenvalue weighted by atomic mass is 19.3. The number of carbonyl (C=O) groups excluding carboxylic acids is 1. The molecule has 1 saturated carbocycles. The number of alkyl halides is 2. The molecule has 5 nitrogen and oxygen atoms in total. The highest BCUT2D eigenvalue weighted by molar-refractivity contribution is 5.85. The fourth-order valence-corrected chi connectivity index (χ4v) is 3.27. The van der Waals surface area contributed by atoms with Crippen LogP contribution in [0.25, 0.3) is 0 Å². The number of hydrogen-bond donors (Lipinski definition) is 2. The number of hydrogen-bond acceptors (Lipinski definition) is 4. The van der Waals surface area contributed by atoms with Gasteiger partial charge in [-0.25, -0.2) is 0 Å². The molecule has 7 heteroatoms. The third-order valence-electron chi connectivity index (χ3n) is 5.08. The molecule has 2 aliphatic rings. The molecule has 1 aliphatic carbocycles. The molecule has 2 N–H and O–H groups in total. The molecule has 3 rings (SSSR count). The summed E-state index contributed by atoms with van der Waals surface area (Å²) in [6.45, 7) is 2.16. The molecule has 1 aromatic heterocycles. The summed E-state index contributed by atoms with van der Waals surface area (Å²) in [6.07, 6.45) is 3.48. The number of amides is 1. The number of nitrogens with one attached hydrogen (secondary N) is 1. The third-order valence-corrected chi connectivity index (χ3v) is 5.08. The van der Waals surface area contributed by atoms with Gasteiger partial charge in [-0.15, -0.1) is 0 Å². The van der Waals surface area contributed by atoms with Crippen LogP contribution in [-0.4, -0.2) is 51.6 Å². The van der Waals surface area contributed by atoms with Crippen molar-refractivity contribution < 1.29 is 18.7 Å². The van der Waals surface area contributed by atoms with E-state index in [9.17, 15) is 18.7 Å². The first-order valence-corrected chi connectivity index (χ1v) is 8.44. The van der Waals surface area contributed by atoms with Gasteiger partial charge in [0.1, 0.15) is 5.60 Å². The van der Waals surface area contributed by atoms with Crippen molar-refractivity contribution in [3.8, 4) is 0 Å². The van der Waals surface area contributed by atoms with E-state index in [1.807, 2.05) is 18.2 Å². The van der Waals surface area contributed by atoms with Crippen LogP contribution in [0.2, 0.25) is 0 Å². The zero-order valence-corrected chi connectivity index (χ0v) is 13.5. The maximum Gasteiger partial charge on any atom is 0.352 e. The summed E-state index contributed by atoms with van der Waals surface area (Å²) in [7, 11) is 0. The Morgan fingerprint density at radius 3 is 2.62 bits per heavy atom. The minimum atomic E-state index is -3.71. The number of rotatable bonds is 5. The predicted molar refractivity (Wildman–Crippen MR) is 84.4 cm³/mol. The lowest BCUT2D eigenvalue weighted by Gasteiger charge is -2.42. The molecule has 1 aliphatic heterocycles. The summed E-state index contributed by atoms with van der Waals surface area (Å²) in [4.78, 5) is 18.4. The minimum absolute atomic E-state index is 0.0179. The molecule has 1 aromatic rings. The van der Waals surface area contributed by atoms with E-state index in [0.717, 1.165) is 25.3 Å². The van der Waals surface area contributed by atoms with Crippen molar-refractivity contribution in [2.45, 2.75) is 56.2 Å². The number of pyridine rings is 1. The Labute approximate surface area is 140 Å². The van der Waals surface area contributed by atoms with Gasteiger partial charge in [-0.1, -0.05) is 6.07 Å². The maximum atomic E-state index is 14.1. The van der Waals surface area contributed by atoms with E-state index < -0.39 is 17.4 Å². The molecule has 2 fully saturated rings. The average Bonchev–Trinajstić information content (AvgIpc) is 2.55. The fourth-order valence-electron chi connectivity index (χ4n) is 3.27. The number of aromatic nitrogens is 1. The van der Waals surface area contributed by atoms with Crippen molar-refractivity contribution in [3.63, 3.8) is 0 Å². The molecule has 132 valence electrons. The molecule has 0 radical (unpaired) electrons. The van der Waals surface area contributed by atoms with Crippen LogP contribution >= 0.6 is 0 Å². The van der Waals surface area contributed by atoms with Crippen LogP contribution in [-0.2, 0) is 11.3 Å². The van der Waals surface area contributed by atoms with Crippen LogP contribution in [0, 0.1) is 0 Å². The average molecular weight is 339 g/mol. The number of likely N-dealkylation sites (tertiary alicyclic amines) is 1. The van der Waals surface area contributed by atoms with E-state index in [2.05, 4.69) is 15.2 Å². The van der Waals surface area contributed by atoms with Crippen molar-refractivity contribution >= 4 is 5.91 Å². The molecular formula is C17H23F2N3O2. The van der Waals surface area contributed by atoms with Gasteiger partial charge in [0.15, 0.2) is 0 Å². The molecule has 0 spiro atoms. The summed E-state index contributed by atoms with van der Waals surface area (Å²) in [5.74, 6) is -5.05. The van der Waals surface area contributed by atoms with E-state index in [0.29, 0.717) is 19.3 Å². The Bertz CT molecular complexity index is 570. The zero-order valence-electron chi connectivity index (χ0n) is 13.5.